The summed E-state index contributed by atoms with van der Waals surface area (Å²) >= 11 is 0. The van der Waals surface area contributed by atoms with Crippen LogP contribution in [-0.4, -0.2) is 63.4 Å². The van der Waals surface area contributed by atoms with Crippen LogP contribution in [0.3, 0.4) is 0 Å². The number of aliphatic hydroxyl groups excluding tert-OH is 2. The average molecular weight is 539 g/mol. The van der Waals surface area contributed by atoms with Gasteiger partial charge in [-0.2, -0.15) is 0 Å². The van der Waals surface area contributed by atoms with Crippen molar-refractivity contribution in [1.29, 1.82) is 0 Å². The van der Waals surface area contributed by atoms with Crippen molar-refractivity contribution >= 4 is 40.8 Å². The second-order valence-corrected chi connectivity index (χ2v) is 12.0. The number of primary amides is 1. The van der Waals surface area contributed by atoms with E-state index in [-0.39, 0.29) is 59.3 Å². The number of amides is 1. The van der Waals surface area contributed by atoms with E-state index < -0.39 is 52.0 Å². The Balaban J connectivity index is 1.88. The van der Waals surface area contributed by atoms with Gasteiger partial charge in [-0.05, 0) is 48.0 Å². The van der Waals surface area contributed by atoms with Crippen molar-refractivity contribution in [3.63, 3.8) is 0 Å². The first-order valence-corrected chi connectivity index (χ1v) is 12.7. The Morgan fingerprint density at radius 3 is 2.36 bits per heavy atom. The number of benzene rings is 1. The lowest BCUT2D eigenvalue weighted by Gasteiger charge is -2.46. The van der Waals surface area contributed by atoms with Crippen LogP contribution in [0.5, 0.6) is 5.75 Å². The Morgan fingerprint density at radius 1 is 1.15 bits per heavy atom. The fourth-order valence-corrected chi connectivity index (χ4v) is 5.98. The number of nitrogens with two attached hydrogens (primary N) is 1. The lowest BCUT2D eigenvalue weighted by Crippen LogP contribution is -2.58. The average Bonchev–Trinajstić information content (AvgIpc) is 2.79. The molecule has 0 unspecified atom stereocenters. The number of carbonyl (C=O) groups is 4. The zero-order chi connectivity index (χ0) is 29.2. The number of aliphatic hydroxyl groups is 3. The Bertz CT molecular complexity index is 1410. The quantitative estimate of drug-likeness (QED) is 0.278. The molecule has 4 rings (SSSR count). The highest BCUT2D eigenvalue weighted by Crippen LogP contribution is 2.53. The number of nitrogens with zero attached hydrogens (tertiary/aromatic N) is 1. The molecule has 3 atom stereocenters. The van der Waals surface area contributed by atoms with Gasteiger partial charge in [-0.1, -0.05) is 20.8 Å². The van der Waals surface area contributed by atoms with Crippen LogP contribution in [0.2, 0.25) is 0 Å². The van der Waals surface area contributed by atoms with Gasteiger partial charge in [0.25, 0.3) is 5.91 Å². The molecule has 1 saturated carbocycles. The number of phenols is 1. The largest absolute Gasteiger partial charge is 0.508 e. The van der Waals surface area contributed by atoms with Gasteiger partial charge in [0, 0.05) is 49.7 Å². The molecule has 0 aromatic heterocycles. The molecule has 208 valence electrons. The summed E-state index contributed by atoms with van der Waals surface area (Å²) < 4.78 is 0. The van der Waals surface area contributed by atoms with E-state index in [4.69, 9.17) is 5.73 Å². The molecule has 0 spiro atoms. The molecule has 0 heterocycles. The molecule has 6 N–H and O–H groups in total. The number of ketones is 3. The maximum absolute atomic E-state index is 13.7. The third-order valence-electron chi connectivity index (χ3n) is 7.70. The fourth-order valence-electron chi connectivity index (χ4n) is 5.98. The lowest BCUT2D eigenvalue weighted by molar-refractivity contribution is -0.147. The van der Waals surface area contributed by atoms with Crippen LogP contribution in [0.4, 0.5) is 5.69 Å². The summed E-state index contributed by atoms with van der Waals surface area (Å²) in [6.45, 7) is 5.80. The summed E-state index contributed by atoms with van der Waals surface area (Å²) in [5.74, 6) is -6.92. The summed E-state index contributed by atoms with van der Waals surface area (Å²) in [5.41, 5.74) is 2.76. The van der Waals surface area contributed by atoms with Gasteiger partial charge >= 0.3 is 0 Å². The van der Waals surface area contributed by atoms with Crippen LogP contribution in [-0.2, 0) is 25.6 Å². The number of allylic oxidation sites excluding steroid dienone is 1. The molecule has 1 fully saturated rings. The Hall–Kier alpha value is -3.92. The number of aromatic hydroxyl groups is 1. The highest BCUT2D eigenvalue weighted by atomic mass is 16.3. The molecule has 3 aliphatic rings. The highest BCUT2D eigenvalue weighted by molar-refractivity contribution is 6.22. The predicted octanol–water partition coefficient (Wildman–Crippen LogP) is 2.51. The Labute approximate surface area is 226 Å². The van der Waals surface area contributed by atoms with Crippen LogP contribution >= 0.6 is 0 Å². The van der Waals surface area contributed by atoms with Crippen molar-refractivity contribution in [3.8, 4) is 5.75 Å². The van der Waals surface area contributed by atoms with Crippen LogP contribution in [0.15, 0.2) is 29.0 Å². The number of hydrogen-bond donors (Lipinski definition) is 5. The van der Waals surface area contributed by atoms with Gasteiger partial charge in [0.15, 0.2) is 17.2 Å². The first kappa shape index (κ1) is 28.1. The standard InChI is InChI=1S/C29H34N2O8/c1-28(2,3)12-16(32)7-6-13-10-18(31(4)5)17-9-14-8-15-11-19(33)22(27(30)38)26(37)29(15,39)25(36)20(14)24(35)21(17)23(13)34/h6-7,10,14-15,34-35,37,39H,8-9,11-12H2,1-5H3,(H2,30,38)/b7-6+/t14-,15+,29+/m1/s1. The summed E-state index contributed by atoms with van der Waals surface area (Å²) in [5, 5.41) is 44.7. The van der Waals surface area contributed by atoms with Crippen LogP contribution < -0.4 is 10.6 Å². The zero-order valence-corrected chi connectivity index (χ0v) is 22.7. The Morgan fingerprint density at radius 2 is 1.79 bits per heavy atom. The summed E-state index contributed by atoms with van der Waals surface area (Å²) in [4.78, 5) is 52.3. The molecular formula is C29H34N2O8. The van der Waals surface area contributed by atoms with E-state index >= 15 is 0 Å². The van der Waals surface area contributed by atoms with Gasteiger partial charge in [0.05, 0.1) is 5.56 Å². The van der Waals surface area contributed by atoms with Crippen LogP contribution in [0, 0.1) is 17.3 Å². The van der Waals surface area contributed by atoms with Gasteiger partial charge < -0.3 is 31.1 Å². The number of fused-ring (bicyclic) bond motifs is 3. The second kappa shape index (κ2) is 9.37. The van der Waals surface area contributed by atoms with Crippen molar-refractivity contribution in [2.75, 3.05) is 19.0 Å². The SMILES string of the molecule is CN(C)c1cc(/C=C/C(=O)CC(C)(C)C)c(O)c2c1C[C@H]1C[C@H]3CC(=O)C(C(N)=O)=C(O)[C@@]3(O)C(=O)C1=C2O. The third kappa shape index (κ3) is 4.52. The molecule has 0 radical (unpaired) electrons. The number of hydrogen-bond acceptors (Lipinski definition) is 9. The molecule has 1 aromatic carbocycles. The first-order valence-electron chi connectivity index (χ1n) is 12.7. The lowest BCUT2D eigenvalue weighted by atomic mass is 9.59. The normalized spacial score (nSPS) is 25.0. The molecule has 0 bridgehead atoms. The molecule has 39 heavy (non-hydrogen) atoms. The van der Waals surface area contributed by atoms with Gasteiger partial charge in [0.1, 0.15) is 22.8 Å². The molecule has 10 nitrogen and oxygen atoms in total. The van der Waals surface area contributed by atoms with E-state index in [1.807, 2.05) is 20.8 Å². The van der Waals surface area contributed by atoms with E-state index in [1.54, 1.807) is 25.1 Å². The van der Waals surface area contributed by atoms with Gasteiger partial charge in [-0.15, -0.1) is 0 Å². The van der Waals surface area contributed by atoms with Crippen molar-refractivity contribution in [2.45, 2.75) is 52.1 Å². The molecule has 1 aromatic rings. The maximum atomic E-state index is 13.7. The summed E-state index contributed by atoms with van der Waals surface area (Å²) in [7, 11) is 3.56. The Kier molecular flexibility index (Phi) is 6.75. The van der Waals surface area contributed by atoms with E-state index in [0.29, 0.717) is 11.3 Å². The first-order chi connectivity index (χ1) is 18.0. The minimum atomic E-state index is -2.62. The fraction of sp³-hybridized carbons (Fsp3) is 0.448. The number of rotatable bonds is 5. The van der Waals surface area contributed by atoms with Crippen molar-refractivity contribution in [1.82, 2.24) is 0 Å². The van der Waals surface area contributed by atoms with E-state index in [0.717, 1.165) is 0 Å². The highest BCUT2D eigenvalue weighted by Gasteiger charge is 2.60. The minimum absolute atomic E-state index is 0.0174. The summed E-state index contributed by atoms with van der Waals surface area (Å²) in [6.07, 6.45) is 2.97. The monoisotopic (exact) mass is 538 g/mol. The van der Waals surface area contributed by atoms with E-state index in [2.05, 4.69) is 0 Å². The van der Waals surface area contributed by atoms with Crippen molar-refractivity contribution in [3.05, 3.63) is 45.7 Å². The third-order valence-corrected chi connectivity index (χ3v) is 7.70. The van der Waals surface area contributed by atoms with Crippen LogP contribution in [0.25, 0.3) is 11.8 Å². The minimum Gasteiger partial charge on any atom is -0.508 e. The zero-order valence-electron chi connectivity index (χ0n) is 22.7. The van der Waals surface area contributed by atoms with Crippen LogP contribution in [0.1, 0.15) is 56.7 Å². The molecular weight excluding hydrogens is 504 g/mol. The van der Waals surface area contributed by atoms with Crippen molar-refractivity contribution < 1.29 is 39.6 Å². The maximum Gasteiger partial charge on any atom is 0.255 e. The van der Waals surface area contributed by atoms with Crippen molar-refractivity contribution in [2.24, 2.45) is 23.0 Å². The topological polar surface area (TPSA) is 178 Å². The second-order valence-electron chi connectivity index (χ2n) is 12.0. The number of Topliss-reactive ketones (excluding diaryl/α,β-unsaturated/α-hetero) is 2. The molecule has 10 heteroatoms. The van der Waals surface area contributed by atoms with E-state index in [1.165, 1.54) is 12.2 Å². The molecule has 3 aliphatic carbocycles. The smallest absolute Gasteiger partial charge is 0.255 e. The molecule has 0 aliphatic heterocycles. The number of carbonyl (C=O) groups excluding carboxylic acids is 4. The number of anilines is 1. The van der Waals surface area contributed by atoms with Gasteiger partial charge in [0.2, 0.25) is 5.78 Å². The van der Waals surface area contributed by atoms with Gasteiger partial charge in [-0.3, -0.25) is 19.2 Å². The molecule has 0 saturated heterocycles. The summed E-state index contributed by atoms with van der Waals surface area (Å²) in [6, 6.07) is 1.69. The van der Waals surface area contributed by atoms with E-state index in [9.17, 15) is 39.6 Å². The number of phenolic OH excluding ortho intramolecular Hbond substituents is 1. The molecule has 1 amide bonds. The predicted molar refractivity (Wildman–Crippen MR) is 144 cm³/mol. The van der Waals surface area contributed by atoms with Gasteiger partial charge in [-0.25, -0.2) is 0 Å².